The molecule has 0 spiro atoms. The van der Waals surface area contributed by atoms with Crippen molar-refractivity contribution in [1.82, 2.24) is 0 Å². The van der Waals surface area contributed by atoms with Gasteiger partial charge in [-0.2, -0.15) is 0 Å². The molecule has 4 nitrogen and oxygen atoms in total. The van der Waals surface area contributed by atoms with Gasteiger partial charge in [-0.25, -0.2) is 4.79 Å². The third kappa shape index (κ3) is 3.21. The van der Waals surface area contributed by atoms with Crippen molar-refractivity contribution < 1.29 is 19.7 Å². The maximum Gasteiger partial charge on any atom is 0.349 e. The summed E-state index contributed by atoms with van der Waals surface area (Å²) in [7, 11) is 0. The van der Waals surface area contributed by atoms with Crippen molar-refractivity contribution in [3.05, 3.63) is 15.8 Å². The Balaban J connectivity index is 2.84. The summed E-state index contributed by atoms with van der Waals surface area (Å²) in [4.78, 5) is 12.0. The molecule has 15 heavy (non-hydrogen) atoms. The van der Waals surface area contributed by atoms with Gasteiger partial charge in [-0.3, -0.25) is 0 Å². The van der Waals surface area contributed by atoms with Gasteiger partial charge in [0.05, 0.1) is 6.10 Å². The number of hydrogen-bond donors (Lipinski definition) is 2. The van der Waals surface area contributed by atoms with E-state index in [1.54, 1.807) is 13.0 Å². The first-order valence-electron chi connectivity index (χ1n) is 4.71. The summed E-state index contributed by atoms with van der Waals surface area (Å²) in [6, 6.07) is 1.72. The van der Waals surface area contributed by atoms with Gasteiger partial charge in [-0.05, 0) is 19.4 Å². The molecule has 0 fully saturated rings. The van der Waals surface area contributed by atoms with Crippen molar-refractivity contribution >= 4 is 17.3 Å². The molecule has 2 N–H and O–H groups in total. The second kappa shape index (κ2) is 5.14. The molecule has 0 aliphatic carbocycles. The molecular weight excluding hydrogens is 216 g/mol. The highest BCUT2D eigenvalue weighted by molar-refractivity contribution is 7.14. The summed E-state index contributed by atoms with van der Waals surface area (Å²) < 4.78 is 5.22. The van der Waals surface area contributed by atoms with Gasteiger partial charge in [-0.1, -0.05) is 6.92 Å². The highest BCUT2D eigenvalue weighted by atomic mass is 32.1. The first kappa shape index (κ1) is 12.0. The van der Waals surface area contributed by atoms with E-state index in [2.05, 4.69) is 0 Å². The summed E-state index contributed by atoms with van der Waals surface area (Å²) in [5.41, 5.74) is 0. The number of aliphatic hydroxyl groups excluding tert-OH is 1. The van der Waals surface area contributed by atoms with E-state index < -0.39 is 12.1 Å². The highest BCUT2D eigenvalue weighted by Crippen LogP contribution is 2.29. The molecule has 1 aromatic heterocycles. The lowest BCUT2D eigenvalue weighted by molar-refractivity contribution is 0.0692. The third-order valence-electron chi connectivity index (χ3n) is 1.77. The minimum Gasteiger partial charge on any atom is -0.489 e. The van der Waals surface area contributed by atoms with Gasteiger partial charge in [0.25, 0.3) is 0 Å². The largest absolute Gasteiger partial charge is 0.489 e. The van der Waals surface area contributed by atoms with Crippen LogP contribution in [0.2, 0.25) is 0 Å². The van der Waals surface area contributed by atoms with Crippen molar-refractivity contribution in [2.24, 2.45) is 0 Å². The molecule has 0 saturated heterocycles. The van der Waals surface area contributed by atoms with E-state index >= 15 is 0 Å². The molecule has 1 aromatic rings. The summed E-state index contributed by atoms with van der Waals surface area (Å²) in [5, 5.41) is 17.9. The number of carbonyl (C=O) groups is 1. The molecule has 84 valence electrons. The maximum atomic E-state index is 10.9. The molecule has 1 atom stereocenters. The Morgan fingerprint density at radius 2 is 2.33 bits per heavy atom. The van der Waals surface area contributed by atoms with Crippen molar-refractivity contribution in [3.8, 4) is 5.75 Å². The van der Waals surface area contributed by atoms with Crippen LogP contribution in [0.5, 0.6) is 5.75 Å². The zero-order valence-electron chi connectivity index (χ0n) is 8.69. The number of ether oxygens (including phenoxy) is 1. The average molecular weight is 230 g/mol. The summed E-state index contributed by atoms with van der Waals surface area (Å²) in [6.07, 6.45) is 0.180. The Morgan fingerprint density at radius 3 is 2.80 bits per heavy atom. The van der Waals surface area contributed by atoms with Gasteiger partial charge in [0.15, 0.2) is 4.88 Å². The van der Waals surface area contributed by atoms with Crippen LogP contribution in [-0.2, 0) is 6.42 Å². The van der Waals surface area contributed by atoms with E-state index in [1.165, 1.54) is 11.3 Å². The number of carboxylic acid groups (broad SMARTS) is 1. The first-order chi connectivity index (χ1) is 7.04. The molecule has 5 heteroatoms. The quantitative estimate of drug-likeness (QED) is 0.809. The molecule has 1 unspecified atom stereocenters. The van der Waals surface area contributed by atoms with E-state index in [-0.39, 0.29) is 11.5 Å². The summed E-state index contributed by atoms with van der Waals surface area (Å²) in [5.74, 6) is -0.634. The van der Waals surface area contributed by atoms with Crippen LogP contribution < -0.4 is 4.74 Å². The fourth-order valence-corrected chi connectivity index (χ4v) is 1.94. The van der Waals surface area contributed by atoms with E-state index in [9.17, 15) is 4.79 Å². The number of rotatable bonds is 5. The molecule has 0 saturated carbocycles. The van der Waals surface area contributed by atoms with Crippen molar-refractivity contribution in [2.45, 2.75) is 26.4 Å². The van der Waals surface area contributed by atoms with Crippen LogP contribution in [0.15, 0.2) is 6.07 Å². The van der Waals surface area contributed by atoms with Crippen LogP contribution in [0, 0.1) is 0 Å². The second-order valence-electron chi connectivity index (χ2n) is 3.22. The van der Waals surface area contributed by atoms with Gasteiger partial charge in [0.1, 0.15) is 12.4 Å². The van der Waals surface area contributed by atoms with Crippen molar-refractivity contribution in [3.63, 3.8) is 0 Å². The number of hydrogen-bond acceptors (Lipinski definition) is 4. The van der Waals surface area contributed by atoms with Crippen LogP contribution >= 0.6 is 11.3 Å². The van der Waals surface area contributed by atoms with Crippen molar-refractivity contribution in [2.75, 3.05) is 6.61 Å². The predicted molar refractivity (Wildman–Crippen MR) is 57.8 cm³/mol. The van der Waals surface area contributed by atoms with Crippen LogP contribution in [0.4, 0.5) is 0 Å². The zero-order valence-corrected chi connectivity index (χ0v) is 9.50. The van der Waals surface area contributed by atoms with Crippen molar-refractivity contribution in [1.29, 1.82) is 0 Å². The molecule has 0 radical (unpaired) electrons. The van der Waals surface area contributed by atoms with E-state index in [0.717, 1.165) is 11.3 Å². The Hall–Kier alpha value is -1.07. The minimum absolute atomic E-state index is 0.111. The lowest BCUT2D eigenvalue weighted by Crippen LogP contribution is -2.13. The zero-order chi connectivity index (χ0) is 11.4. The predicted octanol–water partition coefficient (Wildman–Crippen LogP) is 1.77. The fraction of sp³-hybridized carbons (Fsp3) is 0.500. The second-order valence-corrected chi connectivity index (χ2v) is 4.36. The standard InChI is InChI=1S/C10H14O4S/c1-3-7-4-8(14-5-6(2)11)9(15-7)10(12)13/h4,6,11H,3,5H2,1-2H3,(H,12,13). The molecule has 1 rings (SSSR count). The number of carboxylic acids is 1. The van der Waals surface area contributed by atoms with E-state index in [4.69, 9.17) is 14.9 Å². The minimum atomic E-state index is -0.986. The van der Waals surface area contributed by atoms with Gasteiger partial charge < -0.3 is 14.9 Å². The van der Waals surface area contributed by atoms with Gasteiger partial charge in [-0.15, -0.1) is 11.3 Å². The molecule has 1 heterocycles. The highest BCUT2D eigenvalue weighted by Gasteiger charge is 2.16. The number of aliphatic hydroxyl groups is 1. The van der Waals surface area contributed by atoms with Crippen LogP contribution in [0.25, 0.3) is 0 Å². The lowest BCUT2D eigenvalue weighted by Gasteiger charge is -2.06. The number of aromatic carboxylic acids is 1. The average Bonchev–Trinajstić information content (AvgIpc) is 2.57. The Kier molecular flexibility index (Phi) is 4.11. The first-order valence-corrected chi connectivity index (χ1v) is 5.53. The number of thiophene rings is 1. The topological polar surface area (TPSA) is 66.8 Å². The van der Waals surface area contributed by atoms with Gasteiger partial charge >= 0.3 is 5.97 Å². The normalized spacial score (nSPS) is 12.5. The van der Waals surface area contributed by atoms with E-state index in [0.29, 0.717) is 5.75 Å². The Bertz CT molecular complexity index is 343. The van der Waals surface area contributed by atoms with Gasteiger partial charge in [0, 0.05) is 4.88 Å². The molecule has 0 aromatic carbocycles. The summed E-state index contributed by atoms with van der Waals surface area (Å²) in [6.45, 7) is 3.66. The van der Waals surface area contributed by atoms with E-state index in [1.807, 2.05) is 6.92 Å². The molecule has 0 bridgehead atoms. The van der Waals surface area contributed by atoms with Crippen LogP contribution in [0.1, 0.15) is 28.4 Å². The smallest absolute Gasteiger partial charge is 0.349 e. The Morgan fingerprint density at radius 1 is 1.67 bits per heavy atom. The lowest BCUT2D eigenvalue weighted by atomic mass is 10.3. The monoisotopic (exact) mass is 230 g/mol. The summed E-state index contributed by atoms with van der Waals surface area (Å²) >= 11 is 1.21. The van der Waals surface area contributed by atoms with Crippen LogP contribution in [0.3, 0.4) is 0 Å². The fourth-order valence-electron chi connectivity index (χ4n) is 1.06. The molecule has 0 aliphatic heterocycles. The molecule has 0 amide bonds. The maximum absolute atomic E-state index is 10.9. The van der Waals surface area contributed by atoms with Crippen LogP contribution in [-0.4, -0.2) is 28.9 Å². The number of aryl methyl sites for hydroxylation is 1. The molecule has 0 aliphatic rings. The third-order valence-corrected chi connectivity index (χ3v) is 3.02. The SMILES string of the molecule is CCc1cc(OCC(C)O)c(C(=O)O)s1. The molecular formula is C10H14O4S. The Labute approximate surface area is 92.1 Å². The van der Waals surface area contributed by atoms with Gasteiger partial charge in [0.2, 0.25) is 0 Å².